The predicted octanol–water partition coefficient (Wildman–Crippen LogP) is 4.70. The van der Waals surface area contributed by atoms with Crippen molar-refractivity contribution in [3.05, 3.63) is 33.1 Å². The van der Waals surface area contributed by atoms with Crippen LogP contribution in [-0.2, 0) is 6.18 Å². The Morgan fingerprint density at radius 1 is 1.42 bits per heavy atom. The molecule has 0 saturated carbocycles. The maximum absolute atomic E-state index is 12.5. The van der Waals surface area contributed by atoms with Gasteiger partial charge in [-0.25, -0.2) is 9.97 Å². The number of aryl methyl sites for hydroxylation is 1. The fourth-order valence-corrected chi connectivity index (χ4v) is 2.67. The molecule has 0 aliphatic heterocycles. The monoisotopic (exact) mass is 371 g/mol. The van der Waals surface area contributed by atoms with Gasteiger partial charge in [0.05, 0.1) is 10.6 Å². The standard InChI is InChI=1S/C10H6BrClF3N3S/c1-4-7(11)18-9(17-4)19-8-6(12)2-5(3-16-8)10(13,14)15/h2-3H,1H3,(H,17,18). The number of halogens is 5. The highest BCUT2D eigenvalue weighted by molar-refractivity contribution is 9.10. The first kappa shape index (κ1) is 14.7. The SMILES string of the molecule is Cc1[nH]c(Sc2ncc(C(F)(F)F)cc2Cl)nc1Br. The van der Waals surface area contributed by atoms with E-state index in [-0.39, 0.29) is 10.0 Å². The molecule has 0 spiro atoms. The number of aromatic nitrogens is 3. The molecule has 2 rings (SSSR count). The topological polar surface area (TPSA) is 41.6 Å². The first-order valence-corrected chi connectivity index (χ1v) is 6.89. The van der Waals surface area contributed by atoms with Gasteiger partial charge in [0.25, 0.3) is 0 Å². The Hall–Kier alpha value is -0.730. The summed E-state index contributed by atoms with van der Waals surface area (Å²) < 4.78 is 38.0. The molecule has 19 heavy (non-hydrogen) atoms. The van der Waals surface area contributed by atoms with Gasteiger partial charge < -0.3 is 4.98 Å². The van der Waals surface area contributed by atoms with Gasteiger partial charge in [0, 0.05) is 11.9 Å². The average molecular weight is 373 g/mol. The van der Waals surface area contributed by atoms with Gasteiger partial charge in [-0.2, -0.15) is 13.2 Å². The third kappa shape index (κ3) is 3.43. The third-order valence-corrected chi connectivity index (χ3v) is 4.21. The number of hydrogen-bond donors (Lipinski definition) is 1. The summed E-state index contributed by atoms with van der Waals surface area (Å²) in [5, 5.41) is 0.694. The minimum absolute atomic E-state index is 0.0648. The molecule has 1 N–H and O–H groups in total. The number of imidazole rings is 1. The van der Waals surface area contributed by atoms with Crippen LogP contribution in [0.5, 0.6) is 0 Å². The van der Waals surface area contributed by atoms with Crippen molar-refractivity contribution >= 4 is 39.3 Å². The number of aromatic amines is 1. The lowest BCUT2D eigenvalue weighted by molar-refractivity contribution is -0.137. The number of nitrogens with zero attached hydrogens (tertiary/aromatic N) is 2. The highest BCUT2D eigenvalue weighted by atomic mass is 79.9. The minimum Gasteiger partial charge on any atom is -0.336 e. The number of pyridine rings is 1. The van der Waals surface area contributed by atoms with E-state index < -0.39 is 11.7 Å². The average Bonchev–Trinajstić information content (AvgIpc) is 2.59. The largest absolute Gasteiger partial charge is 0.417 e. The van der Waals surface area contributed by atoms with E-state index >= 15 is 0 Å². The van der Waals surface area contributed by atoms with Gasteiger partial charge in [0.15, 0.2) is 5.16 Å². The Bertz CT molecular complexity index is 595. The van der Waals surface area contributed by atoms with E-state index in [0.29, 0.717) is 9.76 Å². The Kier molecular flexibility index (Phi) is 4.12. The lowest BCUT2D eigenvalue weighted by Crippen LogP contribution is -2.05. The Balaban J connectivity index is 2.27. The molecule has 3 nitrogen and oxygen atoms in total. The van der Waals surface area contributed by atoms with E-state index in [1.54, 1.807) is 0 Å². The molecule has 0 aliphatic rings. The minimum atomic E-state index is -4.45. The van der Waals surface area contributed by atoms with Crippen molar-refractivity contribution in [2.24, 2.45) is 0 Å². The summed E-state index contributed by atoms with van der Waals surface area (Å²) in [4.78, 5) is 10.8. The molecule has 2 heterocycles. The molecule has 0 fully saturated rings. The van der Waals surface area contributed by atoms with E-state index in [1.807, 2.05) is 6.92 Å². The normalized spacial score (nSPS) is 11.9. The summed E-state index contributed by atoms with van der Waals surface area (Å²) in [7, 11) is 0. The van der Waals surface area contributed by atoms with Crippen LogP contribution >= 0.6 is 39.3 Å². The van der Waals surface area contributed by atoms with Crippen LogP contribution in [0.1, 0.15) is 11.3 Å². The van der Waals surface area contributed by atoms with Gasteiger partial charge in [-0.1, -0.05) is 11.6 Å². The van der Waals surface area contributed by atoms with Crippen molar-refractivity contribution < 1.29 is 13.2 Å². The van der Waals surface area contributed by atoms with Gasteiger partial charge in [-0.15, -0.1) is 0 Å². The molecule has 0 bridgehead atoms. The molecule has 9 heteroatoms. The molecule has 0 aliphatic carbocycles. The number of H-pyrrole nitrogens is 1. The molecule has 0 atom stereocenters. The lowest BCUT2D eigenvalue weighted by Gasteiger charge is -2.07. The second-order valence-corrected chi connectivity index (χ2v) is 5.70. The fraction of sp³-hybridized carbons (Fsp3) is 0.200. The van der Waals surface area contributed by atoms with E-state index in [1.165, 1.54) is 0 Å². The molecular weight excluding hydrogens is 367 g/mol. The smallest absolute Gasteiger partial charge is 0.336 e. The Morgan fingerprint density at radius 2 is 2.11 bits per heavy atom. The van der Waals surface area contributed by atoms with Gasteiger partial charge in [0.1, 0.15) is 9.63 Å². The van der Waals surface area contributed by atoms with Crippen LogP contribution in [-0.4, -0.2) is 15.0 Å². The summed E-state index contributed by atoms with van der Waals surface area (Å²) >= 11 is 10.1. The molecule has 0 saturated heterocycles. The van der Waals surface area contributed by atoms with Crippen LogP contribution in [0.4, 0.5) is 13.2 Å². The van der Waals surface area contributed by atoms with E-state index in [9.17, 15) is 13.2 Å². The van der Waals surface area contributed by atoms with E-state index in [4.69, 9.17) is 11.6 Å². The van der Waals surface area contributed by atoms with Gasteiger partial charge in [-0.3, -0.25) is 0 Å². The molecule has 0 aromatic carbocycles. The quantitative estimate of drug-likeness (QED) is 0.831. The summed E-state index contributed by atoms with van der Waals surface area (Å²) in [6.45, 7) is 1.81. The van der Waals surface area contributed by atoms with Crippen molar-refractivity contribution in [3.8, 4) is 0 Å². The van der Waals surface area contributed by atoms with Crippen LogP contribution < -0.4 is 0 Å². The van der Waals surface area contributed by atoms with Crippen LogP contribution in [0.15, 0.2) is 27.0 Å². The highest BCUT2D eigenvalue weighted by Gasteiger charge is 2.31. The van der Waals surface area contributed by atoms with Gasteiger partial charge in [0.2, 0.25) is 0 Å². The molecule has 0 amide bonds. The second kappa shape index (κ2) is 5.34. The van der Waals surface area contributed by atoms with Crippen LogP contribution in [0.2, 0.25) is 5.02 Å². The summed E-state index contributed by atoms with van der Waals surface area (Å²) in [6, 6.07) is 0.849. The zero-order valence-corrected chi connectivity index (χ0v) is 12.5. The number of alkyl halides is 3. The van der Waals surface area contributed by atoms with Crippen molar-refractivity contribution in [3.63, 3.8) is 0 Å². The highest BCUT2D eigenvalue weighted by Crippen LogP contribution is 2.35. The van der Waals surface area contributed by atoms with Gasteiger partial charge >= 0.3 is 6.18 Å². The second-order valence-electron chi connectivity index (χ2n) is 3.57. The van der Waals surface area contributed by atoms with Crippen molar-refractivity contribution in [2.75, 3.05) is 0 Å². The van der Waals surface area contributed by atoms with Crippen LogP contribution in [0, 0.1) is 6.92 Å². The van der Waals surface area contributed by atoms with Crippen molar-refractivity contribution in [2.45, 2.75) is 23.3 Å². The van der Waals surface area contributed by atoms with Crippen LogP contribution in [0.3, 0.4) is 0 Å². The third-order valence-electron chi connectivity index (χ3n) is 2.13. The first-order valence-electron chi connectivity index (χ1n) is 4.90. The summed E-state index contributed by atoms with van der Waals surface area (Å²) in [6.07, 6.45) is -3.71. The molecule has 102 valence electrons. The van der Waals surface area contributed by atoms with E-state index in [0.717, 1.165) is 29.7 Å². The molecular formula is C10H6BrClF3N3S. The number of hydrogen-bond acceptors (Lipinski definition) is 3. The van der Waals surface area contributed by atoms with E-state index in [2.05, 4.69) is 30.9 Å². The van der Waals surface area contributed by atoms with Crippen molar-refractivity contribution in [1.29, 1.82) is 0 Å². The zero-order valence-electron chi connectivity index (χ0n) is 9.35. The number of rotatable bonds is 2. The zero-order chi connectivity index (χ0) is 14.2. The van der Waals surface area contributed by atoms with Gasteiger partial charge in [-0.05, 0) is 40.7 Å². The number of nitrogens with one attached hydrogen (secondary N) is 1. The maximum Gasteiger partial charge on any atom is 0.417 e. The van der Waals surface area contributed by atoms with Crippen molar-refractivity contribution in [1.82, 2.24) is 15.0 Å². The molecule has 0 radical (unpaired) electrons. The fourth-order valence-electron chi connectivity index (χ4n) is 1.21. The molecule has 2 aromatic heterocycles. The molecule has 2 aromatic rings. The maximum atomic E-state index is 12.5. The summed E-state index contributed by atoms with van der Waals surface area (Å²) in [5.41, 5.74) is -0.0656. The lowest BCUT2D eigenvalue weighted by atomic mass is 10.3. The Morgan fingerprint density at radius 3 is 2.58 bits per heavy atom. The summed E-state index contributed by atoms with van der Waals surface area (Å²) in [5.74, 6) is 0. The van der Waals surface area contributed by atoms with Crippen LogP contribution in [0.25, 0.3) is 0 Å². The first-order chi connectivity index (χ1) is 8.77. The predicted molar refractivity (Wildman–Crippen MR) is 69.4 cm³/mol. The Labute approximate surface area is 124 Å². The molecule has 0 unspecified atom stereocenters.